The summed E-state index contributed by atoms with van der Waals surface area (Å²) in [5.74, 6) is -0.402. The SMILES string of the molecule is COC(=O)c1cc(N(C)CCCN(C)C)ccc1N. The predicted octanol–water partition coefficient (Wildman–Crippen LogP) is 1.44. The van der Waals surface area contributed by atoms with Gasteiger partial charge in [0.1, 0.15) is 0 Å². The number of carbonyl (C=O) groups excluding carboxylic acids is 1. The van der Waals surface area contributed by atoms with Crippen LogP contribution in [-0.2, 0) is 4.74 Å². The highest BCUT2D eigenvalue weighted by molar-refractivity contribution is 5.96. The van der Waals surface area contributed by atoms with Crippen LogP contribution in [0.25, 0.3) is 0 Å². The van der Waals surface area contributed by atoms with Crippen molar-refractivity contribution in [3.05, 3.63) is 23.8 Å². The van der Waals surface area contributed by atoms with Gasteiger partial charge in [0, 0.05) is 25.0 Å². The quantitative estimate of drug-likeness (QED) is 0.623. The second-order valence-electron chi connectivity index (χ2n) is 4.84. The molecule has 0 fully saturated rings. The summed E-state index contributed by atoms with van der Waals surface area (Å²) in [4.78, 5) is 15.8. The maximum atomic E-state index is 11.6. The van der Waals surface area contributed by atoms with Crippen molar-refractivity contribution in [1.82, 2.24) is 4.90 Å². The van der Waals surface area contributed by atoms with Gasteiger partial charge >= 0.3 is 5.97 Å². The van der Waals surface area contributed by atoms with Crippen LogP contribution in [-0.4, -0.2) is 52.2 Å². The Morgan fingerprint density at radius 1 is 1.26 bits per heavy atom. The Morgan fingerprint density at radius 2 is 1.95 bits per heavy atom. The van der Waals surface area contributed by atoms with Gasteiger partial charge in [0.05, 0.1) is 12.7 Å². The van der Waals surface area contributed by atoms with Crippen LogP contribution in [0.1, 0.15) is 16.8 Å². The van der Waals surface area contributed by atoms with E-state index in [1.165, 1.54) is 7.11 Å². The highest BCUT2D eigenvalue weighted by Gasteiger charge is 2.12. The maximum absolute atomic E-state index is 11.6. The largest absolute Gasteiger partial charge is 0.465 e. The molecule has 106 valence electrons. The molecule has 0 aromatic heterocycles. The Bertz CT molecular complexity index is 433. The molecule has 19 heavy (non-hydrogen) atoms. The molecule has 0 atom stereocenters. The highest BCUT2D eigenvalue weighted by atomic mass is 16.5. The minimum atomic E-state index is -0.402. The number of hydrogen-bond acceptors (Lipinski definition) is 5. The first-order valence-corrected chi connectivity index (χ1v) is 6.29. The van der Waals surface area contributed by atoms with Crippen LogP contribution in [0.4, 0.5) is 11.4 Å². The van der Waals surface area contributed by atoms with Gasteiger partial charge in [0.25, 0.3) is 0 Å². The highest BCUT2D eigenvalue weighted by Crippen LogP contribution is 2.21. The third-order valence-corrected chi connectivity index (χ3v) is 2.98. The van der Waals surface area contributed by atoms with Crippen LogP contribution in [0.2, 0.25) is 0 Å². The van der Waals surface area contributed by atoms with E-state index in [2.05, 4.69) is 23.9 Å². The normalized spacial score (nSPS) is 10.6. The van der Waals surface area contributed by atoms with Crippen molar-refractivity contribution in [3.63, 3.8) is 0 Å². The second kappa shape index (κ2) is 6.99. The molecule has 0 saturated carbocycles. The van der Waals surface area contributed by atoms with Crippen LogP contribution in [0, 0.1) is 0 Å². The van der Waals surface area contributed by atoms with E-state index in [1.54, 1.807) is 12.1 Å². The van der Waals surface area contributed by atoms with Gasteiger partial charge in [0.15, 0.2) is 0 Å². The Hall–Kier alpha value is -1.75. The summed E-state index contributed by atoms with van der Waals surface area (Å²) in [6.45, 7) is 1.95. The monoisotopic (exact) mass is 265 g/mol. The Balaban J connectivity index is 2.75. The molecule has 1 rings (SSSR count). The molecule has 0 unspecified atom stereocenters. The summed E-state index contributed by atoms with van der Waals surface area (Å²) in [7, 11) is 7.47. The van der Waals surface area contributed by atoms with Gasteiger partial charge in [-0.3, -0.25) is 0 Å². The van der Waals surface area contributed by atoms with Gasteiger partial charge in [-0.2, -0.15) is 0 Å². The van der Waals surface area contributed by atoms with Crippen molar-refractivity contribution in [2.24, 2.45) is 0 Å². The Morgan fingerprint density at radius 3 is 2.53 bits per heavy atom. The number of rotatable bonds is 6. The number of anilines is 2. The molecule has 0 bridgehead atoms. The molecule has 0 amide bonds. The number of carbonyl (C=O) groups is 1. The number of benzene rings is 1. The topological polar surface area (TPSA) is 58.8 Å². The van der Waals surface area contributed by atoms with Gasteiger partial charge in [-0.25, -0.2) is 4.79 Å². The van der Waals surface area contributed by atoms with E-state index in [9.17, 15) is 4.79 Å². The zero-order valence-electron chi connectivity index (χ0n) is 12.1. The fourth-order valence-electron chi connectivity index (χ4n) is 1.82. The van der Waals surface area contributed by atoms with E-state index < -0.39 is 5.97 Å². The molecule has 2 N–H and O–H groups in total. The molecule has 5 nitrogen and oxygen atoms in total. The molecular formula is C14H23N3O2. The van der Waals surface area contributed by atoms with Crippen LogP contribution >= 0.6 is 0 Å². The molecule has 5 heteroatoms. The van der Waals surface area contributed by atoms with Crippen LogP contribution < -0.4 is 10.6 Å². The van der Waals surface area contributed by atoms with Crippen LogP contribution in [0.5, 0.6) is 0 Å². The summed E-state index contributed by atoms with van der Waals surface area (Å²) >= 11 is 0. The average molecular weight is 265 g/mol. The predicted molar refractivity (Wildman–Crippen MR) is 78.6 cm³/mol. The number of methoxy groups -OCH3 is 1. The minimum Gasteiger partial charge on any atom is -0.465 e. The van der Waals surface area contributed by atoms with Gasteiger partial charge in [-0.15, -0.1) is 0 Å². The molecule has 0 aliphatic carbocycles. The summed E-state index contributed by atoms with van der Waals surface area (Å²) in [5, 5.41) is 0. The van der Waals surface area contributed by atoms with Gasteiger partial charge in [-0.1, -0.05) is 0 Å². The number of hydrogen-bond donors (Lipinski definition) is 1. The Labute approximate surface area is 114 Å². The zero-order valence-corrected chi connectivity index (χ0v) is 12.1. The summed E-state index contributed by atoms with van der Waals surface area (Å²) in [6, 6.07) is 5.43. The van der Waals surface area contributed by atoms with Gasteiger partial charge in [0.2, 0.25) is 0 Å². The summed E-state index contributed by atoms with van der Waals surface area (Å²) in [5.41, 5.74) is 7.60. The summed E-state index contributed by atoms with van der Waals surface area (Å²) < 4.78 is 4.72. The van der Waals surface area contributed by atoms with Crippen molar-refractivity contribution in [2.45, 2.75) is 6.42 Å². The number of nitrogens with zero attached hydrogens (tertiary/aromatic N) is 2. The van der Waals surface area contributed by atoms with Crippen molar-refractivity contribution < 1.29 is 9.53 Å². The lowest BCUT2D eigenvalue weighted by Crippen LogP contribution is -2.23. The lowest BCUT2D eigenvalue weighted by molar-refractivity contribution is 0.0602. The fraction of sp³-hybridized carbons (Fsp3) is 0.500. The first-order chi connectivity index (χ1) is 8.95. The van der Waals surface area contributed by atoms with Crippen LogP contribution in [0.3, 0.4) is 0 Å². The van der Waals surface area contributed by atoms with Crippen molar-refractivity contribution >= 4 is 17.3 Å². The number of ether oxygens (including phenoxy) is 1. The number of nitrogens with two attached hydrogens (primary N) is 1. The van der Waals surface area contributed by atoms with E-state index in [-0.39, 0.29) is 0 Å². The average Bonchev–Trinajstić information content (AvgIpc) is 2.37. The number of nitrogen functional groups attached to an aromatic ring is 1. The first-order valence-electron chi connectivity index (χ1n) is 6.29. The molecule has 0 aliphatic heterocycles. The van der Waals surface area contributed by atoms with E-state index in [1.807, 2.05) is 13.1 Å². The van der Waals surface area contributed by atoms with E-state index in [0.717, 1.165) is 25.2 Å². The lowest BCUT2D eigenvalue weighted by atomic mass is 10.1. The van der Waals surface area contributed by atoms with Gasteiger partial charge in [-0.05, 0) is 45.3 Å². The van der Waals surface area contributed by atoms with E-state index in [0.29, 0.717) is 11.3 Å². The standard InChI is InChI=1S/C14H23N3O2/c1-16(2)8-5-9-17(3)11-6-7-13(15)12(10-11)14(18)19-4/h6-7,10H,5,8-9,15H2,1-4H3. The third kappa shape index (κ3) is 4.44. The van der Waals surface area contributed by atoms with Crippen molar-refractivity contribution in [3.8, 4) is 0 Å². The molecular weight excluding hydrogens is 242 g/mol. The molecule has 0 radical (unpaired) electrons. The van der Waals surface area contributed by atoms with E-state index >= 15 is 0 Å². The molecule has 1 aromatic rings. The van der Waals surface area contributed by atoms with Crippen molar-refractivity contribution in [1.29, 1.82) is 0 Å². The molecule has 0 saturated heterocycles. The second-order valence-corrected chi connectivity index (χ2v) is 4.84. The summed E-state index contributed by atoms with van der Waals surface area (Å²) in [6.07, 6.45) is 1.06. The Kier molecular flexibility index (Phi) is 5.63. The molecule has 1 aromatic carbocycles. The molecule has 0 spiro atoms. The van der Waals surface area contributed by atoms with Crippen LogP contribution in [0.15, 0.2) is 18.2 Å². The smallest absolute Gasteiger partial charge is 0.340 e. The third-order valence-electron chi connectivity index (χ3n) is 2.98. The maximum Gasteiger partial charge on any atom is 0.340 e. The first kappa shape index (κ1) is 15.3. The fourth-order valence-corrected chi connectivity index (χ4v) is 1.82. The van der Waals surface area contributed by atoms with E-state index in [4.69, 9.17) is 10.5 Å². The number of esters is 1. The van der Waals surface area contributed by atoms with Gasteiger partial charge < -0.3 is 20.3 Å². The molecule has 0 heterocycles. The minimum absolute atomic E-state index is 0.402. The van der Waals surface area contributed by atoms with Crippen molar-refractivity contribution in [2.75, 3.05) is 52.0 Å². The lowest BCUT2D eigenvalue weighted by Gasteiger charge is -2.21. The zero-order chi connectivity index (χ0) is 14.4. The molecule has 0 aliphatic rings.